The van der Waals surface area contributed by atoms with E-state index < -0.39 is 0 Å². The number of hydrogen-bond donors (Lipinski definition) is 0. The Morgan fingerprint density at radius 3 is 2.25 bits per heavy atom. The molecule has 0 saturated carbocycles. The number of benzene rings is 3. The first-order chi connectivity index (χ1) is 15.4. The average Bonchev–Trinajstić information content (AvgIpc) is 3.36. The molecule has 162 valence electrons. The number of aromatic nitrogens is 3. The second-order valence-corrected chi connectivity index (χ2v) is 10.1. The van der Waals surface area contributed by atoms with Crippen molar-refractivity contribution in [1.82, 2.24) is 9.55 Å². The van der Waals surface area contributed by atoms with E-state index in [1.807, 2.05) is 5.51 Å². The number of nitrogens with zero attached hydrogens (tertiary/aromatic N) is 3. The van der Waals surface area contributed by atoms with Crippen LogP contribution in [-0.4, -0.2) is 9.55 Å². The third-order valence-electron chi connectivity index (χ3n) is 6.51. The molecule has 2 heterocycles. The van der Waals surface area contributed by atoms with Crippen LogP contribution in [0, 0.1) is 6.92 Å². The van der Waals surface area contributed by atoms with Crippen LogP contribution in [0.5, 0.6) is 0 Å². The van der Waals surface area contributed by atoms with E-state index >= 15 is 0 Å². The summed E-state index contributed by atoms with van der Waals surface area (Å²) in [5, 5.41) is 0. The third kappa shape index (κ3) is 3.08. The van der Waals surface area contributed by atoms with Gasteiger partial charge in [0, 0.05) is 11.1 Å². The summed E-state index contributed by atoms with van der Waals surface area (Å²) in [5.41, 5.74) is 12.1. The van der Waals surface area contributed by atoms with Crippen molar-refractivity contribution in [2.45, 2.75) is 46.5 Å². The van der Waals surface area contributed by atoms with Crippen LogP contribution in [0.4, 0.5) is 0 Å². The summed E-state index contributed by atoms with van der Waals surface area (Å²) < 4.78 is 6.12. The summed E-state index contributed by atoms with van der Waals surface area (Å²) in [6, 6.07) is 19.9. The maximum absolute atomic E-state index is 4.62. The Hall–Kier alpha value is -2.98. The fourth-order valence-electron chi connectivity index (χ4n) is 4.90. The van der Waals surface area contributed by atoms with Gasteiger partial charge in [0.25, 0.3) is 5.82 Å². The van der Waals surface area contributed by atoms with Crippen molar-refractivity contribution in [2.24, 2.45) is 7.05 Å². The van der Waals surface area contributed by atoms with Crippen LogP contribution < -0.4 is 4.57 Å². The summed E-state index contributed by atoms with van der Waals surface area (Å²) in [7, 11) is 2.19. The van der Waals surface area contributed by atoms with Crippen molar-refractivity contribution in [3.63, 3.8) is 0 Å². The lowest BCUT2D eigenvalue weighted by molar-refractivity contribution is -0.633. The molecule has 0 amide bonds. The highest BCUT2D eigenvalue weighted by Crippen LogP contribution is 2.39. The zero-order chi connectivity index (χ0) is 22.6. The summed E-state index contributed by atoms with van der Waals surface area (Å²) >= 11 is 1.73. The molecule has 0 atom stereocenters. The predicted octanol–water partition coefficient (Wildman–Crippen LogP) is 7.29. The lowest BCUT2D eigenvalue weighted by Crippen LogP contribution is -2.30. The summed E-state index contributed by atoms with van der Waals surface area (Å²) in [4.78, 5) is 4.62. The van der Waals surface area contributed by atoms with Crippen molar-refractivity contribution in [2.75, 3.05) is 0 Å². The van der Waals surface area contributed by atoms with E-state index in [4.69, 9.17) is 0 Å². The lowest BCUT2D eigenvalue weighted by atomic mass is 9.92. The Labute approximate surface area is 194 Å². The van der Waals surface area contributed by atoms with E-state index in [0.717, 1.165) is 5.52 Å². The molecule has 0 unspecified atom stereocenters. The SMILES string of the molecule is Cc1ccc2ncsc2c1-c1n(-c2c(C(C)C)cccc2C(C)C)c2ccccc2[n+]1C. The molecular weight excluding hydrogens is 410 g/mol. The molecule has 0 bridgehead atoms. The molecule has 0 saturated heterocycles. The maximum Gasteiger partial charge on any atom is 0.296 e. The predicted molar refractivity (Wildman–Crippen MR) is 136 cm³/mol. The largest absolute Gasteiger partial charge is 0.296 e. The first kappa shape index (κ1) is 20.9. The highest BCUT2D eigenvalue weighted by molar-refractivity contribution is 7.17. The molecule has 0 radical (unpaired) electrons. The molecule has 2 aromatic heterocycles. The van der Waals surface area contributed by atoms with Gasteiger partial charge in [-0.2, -0.15) is 4.57 Å². The van der Waals surface area contributed by atoms with Gasteiger partial charge in [0.05, 0.1) is 28.3 Å². The fourth-order valence-corrected chi connectivity index (χ4v) is 5.78. The van der Waals surface area contributed by atoms with Crippen LogP contribution in [0.25, 0.3) is 38.3 Å². The maximum atomic E-state index is 4.62. The molecule has 5 rings (SSSR count). The minimum absolute atomic E-state index is 0.420. The standard InChI is InChI=1S/C28H30N3S/c1-17(2)20-10-9-11-21(18(3)4)26(20)31-24-13-8-7-12-23(24)30(6)28(31)25-19(5)14-15-22-27(25)32-16-29-22/h7-18H,1-6H3/q+1. The Morgan fingerprint density at radius 2 is 1.56 bits per heavy atom. The van der Waals surface area contributed by atoms with Crippen LogP contribution >= 0.6 is 11.3 Å². The molecular formula is C28H30N3S+. The van der Waals surface area contributed by atoms with Crippen molar-refractivity contribution in [3.8, 4) is 17.1 Å². The Morgan fingerprint density at radius 1 is 0.875 bits per heavy atom. The first-order valence-electron chi connectivity index (χ1n) is 11.4. The molecule has 3 nitrogen and oxygen atoms in total. The van der Waals surface area contributed by atoms with Gasteiger partial charge >= 0.3 is 0 Å². The van der Waals surface area contributed by atoms with E-state index in [9.17, 15) is 0 Å². The average molecular weight is 441 g/mol. The zero-order valence-corrected chi connectivity index (χ0v) is 20.5. The Bertz CT molecular complexity index is 1430. The van der Waals surface area contributed by atoms with Crippen LogP contribution in [0.15, 0.2) is 60.1 Å². The van der Waals surface area contributed by atoms with Gasteiger partial charge in [0.15, 0.2) is 11.0 Å². The van der Waals surface area contributed by atoms with Crippen LogP contribution in [0.1, 0.15) is 56.2 Å². The van der Waals surface area contributed by atoms with Gasteiger partial charge in [-0.3, -0.25) is 0 Å². The van der Waals surface area contributed by atoms with Gasteiger partial charge in [0.2, 0.25) is 0 Å². The molecule has 32 heavy (non-hydrogen) atoms. The molecule has 0 N–H and O–H groups in total. The second-order valence-electron chi connectivity index (χ2n) is 9.26. The number of thiazole rings is 1. The molecule has 5 aromatic rings. The van der Waals surface area contributed by atoms with Gasteiger partial charge in [-0.1, -0.05) is 64.1 Å². The minimum atomic E-state index is 0.420. The summed E-state index contributed by atoms with van der Waals surface area (Å²) in [5.74, 6) is 2.06. The smallest absolute Gasteiger partial charge is 0.245 e. The molecule has 0 aliphatic carbocycles. The number of para-hydroxylation sites is 3. The van der Waals surface area contributed by atoms with Crippen molar-refractivity contribution in [1.29, 1.82) is 0 Å². The van der Waals surface area contributed by atoms with Gasteiger partial charge in [-0.05, 0) is 42.5 Å². The zero-order valence-electron chi connectivity index (χ0n) is 19.7. The minimum Gasteiger partial charge on any atom is -0.245 e. The highest BCUT2D eigenvalue weighted by atomic mass is 32.1. The summed E-state index contributed by atoms with van der Waals surface area (Å²) in [6.07, 6.45) is 0. The fraction of sp³-hybridized carbons (Fsp3) is 0.286. The second kappa shape index (κ2) is 7.86. The van der Waals surface area contributed by atoms with Crippen LogP contribution in [0.2, 0.25) is 0 Å². The monoisotopic (exact) mass is 440 g/mol. The molecule has 4 heteroatoms. The normalized spacial score (nSPS) is 12.0. The van der Waals surface area contributed by atoms with Gasteiger partial charge in [-0.15, -0.1) is 11.3 Å². The molecule has 0 aliphatic rings. The topological polar surface area (TPSA) is 21.7 Å². The van der Waals surface area contributed by atoms with Gasteiger partial charge < -0.3 is 0 Å². The van der Waals surface area contributed by atoms with E-state index in [0.29, 0.717) is 11.8 Å². The number of fused-ring (bicyclic) bond motifs is 2. The Kier molecular flexibility index (Phi) is 5.13. The number of aryl methyl sites for hydroxylation is 2. The van der Waals surface area contributed by atoms with E-state index in [-0.39, 0.29) is 0 Å². The molecule has 0 spiro atoms. The number of hydrogen-bond acceptors (Lipinski definition) is 2. The lowest BCUT2D eigenvalue weighted by Gasteiger charge is -2.18. The Balaban J connectivity index is 2.02. The van der Waals surface area contributed by atoms with E-state index in [2.05, 4.69) is 110 Å². The summed E-state index contributed by atoms with van der Waals surface area (Å²) in [6.45, 7) is 11.4. The van der Waals surface area contributed by atoms with E-state index in [1.165, 1.54) is 49.5 Å². The van der Waals surface area contributed by atoms with E-state index in [1.54, 1.807) is 11.3 Å². The van der Waals surface area contributed by atoms with Crippen molar-refractivity contribution < 1.29 is 4.57 Å². The van der Waals surface area contributed by atoms with Gasteiger partial charge in [0.1, 0.15) is 5.69 Å². The van der Waals surface area contributed by atoms with Crippen molar-refractivity contribution in [3.05, 3.63) is 76.8 Å². The van der Waals surface area contributed by atoms with Crippen LogP contribution in [0.3, 0.4) is 0 Å². The highest BCUT2D eigenvalue weighted by Gasteiger charge is 2.32. The van der Waals surface area contributed by atoms with Crippen molar-refractivity contribution >= 4 is 32.6 Å². The first-order valence-corrected chi connectivity index (χ1v) is 12.2. The molecule has 0 aliphatic heterocycles. The molecule has 3 aromatic carbocycles. The van der Waals surface area contributed by atoms with Crippen LogP contribution in [-0.2, 0) is 7.05 Å². The molecule has 0 fully saturated rings. The van der Waals surface area contributed by atoms with Gasteiger partial charge in [-0.25, -0.2) is 9.55 Å². The number of rotatable bonds is 4. The third-order valence-corrected chi connectivity index (χ3v) is 7.37. The quantitative estimate of drug-likeness (QED) is 0.269. The number of imidazole rings is 1.